The number of methoxy groups -OCH3 is 1. The quantitative estimate of drug-likeness (QED) is 0.298. The van der Waals surface area contributed by atoms with Crippen molar-refractivity contribution in [1.82, 2.24) is 19.1 Å². The molecule has 1 saturated heterocycles. The normalized spacial score (nSPS) is 14.3. The van der Waals surface area contributed by atoms with E-state index >= 15 is 0 Å². The zero-order chi connectivity index (χ0) is 26.5. The Labute approximate surface area is 221 Å². The van der Waals surface area contributed by atoms with Crippen molar-refractivity contribution in [2.75, 3.05) is 46.6 Å². The van der Waals surface area contributed by atoms with Crippen LogP contribution < -0.4 is 9.47 Å². The second-order valence-corrected chi connectivity index (χ2v) is 10.5. The van der Waals surface area contributed by atoms with E-state index in [2.05, 4.69) is 15.0 Å². The molecule has 1 fully saturated rings. The Morgan fingerprint density at radius 3 is 2.74 bits per heavy atom. The van der Waals surface area contributed by atoms with E-state index in [1.54, 1.807) is 31.5 Å². The van der Waals surface area contributed by atoms with Crippen LogP contribution in [0.15, 0.2) is 65.8 Å². The number of hydrogen-bond donors (Lipinski definition) is 0. The molecule has 0 atom stereocenters. The van der Waals surface area contributed by atoms with Crippen LogP contribution in [0.1, 0.15) is 12.0 Å². The summed E-state index contributed by atoms with van der Waals surface area (Å²) in [4.78, 5) is 6.83. The maximum atomic E-state index is 13.1. The average Bonchev–Trinajstić information content (AvgIpc) is 3.46. The van der Waals surface area contributed by atoms with Gasteiger partial charge < -0.3 is 14.2 Å². The number of benzene rings is 2. The van der Waals surface area contributed by atoms with Gasteiger partial charge in [0.15, 0.2) is 11.5 Å². The number of nitrogens with zero attached hydrogens (tertiary/aromatic N) is 5. The van der Waals surface area contributed by atoms with Crippen LogP contribution in [-0.4, -0.2) is 74.1 Å². The van der Waals surface area contributed by atoms with Gasteiger partial charge in [0.2, 0.25) is 0 Å². The number of rotatable bonds is 9. The molecule has 196 valence electrons. The van der Waals surface area contributed by atoms with Crippen LogP contribution in [0, 0.1) is 11.3 Å². The number of morpholine rings is 1. The molecule has 0 N–H and O–H groups in total. The number of aromatic nitrogens is 3. The molecule has 0 aliphatic carbocycles. The van der Waals surface area contributed by atoms with Crippen LogP contribution in [0.25, 0.3) is 22.2 Å². The van der Waals surface area contributed by atoms with Crippen molar-refractivity contribution in [1.29, 1.82) is 5.26 Å². The number of hydrogen-bond acceptors (Lipinski definition) is 9. The highest BCUT2D eigenvalue weighted by Gasteiger charge is 2.20. The standard InChI is InChI=1S/C27H27N5O5S/c1-35-26-17-23-22(24-7-10-32(30-24)38(33,34)21-5-2-4-20(16-21)19-28)6-8-29-25(23)18-27(26)37-13-3-9-31-11-14-36-15-12-31/h2,4-8,10,16-18H,3,9,11-15H2,1H3. The Balaban J connectivity index is 1.39. The number of fused-ring (bicyclic) bond motifs is 1. The van der Waals surface area contributed by atoms with Crippen LogP contribution in [0.3, 0.4) is 0 Å². The van der Waals surface area contributed by atoms with Gasteiger partial charge >= 0.3 is 0 Å². The van der Waals surface area contributed by atoms with E-state index in [9.17, 15) is 8.42 Å². The lowest BCUT2D eigenvalue weighted by atomic mass is 10.1. The summed E-state index contributed by atoms with van der Waals surface area (Å²) < 4.78 is 44.2. The van der Waals surface area contributed by atoms with E-state index in [1.807, 2.05) is 18.2 Å². The Morgan fingerprint density at radius 2 is 1.95 bits per heavy atom. The molecular weight excluding hydrogens is 506 g/mol. The summed E-state index contributed by atoms with van der Waals surface area (Å²) in [5, 5.41) is 14.2. The smallest absolute Gasteiger partial charge is 0.283 e. The van der Waals surface area contributed by atoms with Crippen molar-refractivity contribution in [2.24, 2.45) is 0 Å². The maximum Gasteiger partial charge on any atom is 0.283 e. The molecule has 38 heavy (non-hydrogen) atoms. The van der Waals surface area contributed by atoms with E-state index in [-0.39, 0.29) is 10.5 Å². The third-order valence-electron chi connectivity index (χ3n) is 6.36. The predicted octanol–water partition coefficient (Wildman–Crippen LogP) is 3.32. The van der Waals surface area contributed by atoms with E-state index in [4.69, 9.17) is 19.5 Å². The van der Waals surface area contributed by atoms with E-state index in [1.165, 1.54) is 24.4 Å². The van der Waals surface area contributed by atoms with Crippen molar-refractivity contribution in [2.45, 2.75) is 11.3 Å². The maximum absolute atomic E-state index is 13.1. The van der Waals surface area contributed by atoms with E-state index in [0.717, 1.165) is 48.7 Å². The van der Waals surface area contributed by atoms with Crippen LogP contribution in [0.4, 0.5) is 0 Å². The monoisotopic (exact) mass is 533 g/mol. The van der Waals surface area contributed by atoms with Gasteiger partial charge in [0.1, 0.15) is 0 Å². The van der Waals surface area contributed by atoms with Gasteiger partial charge in [0.05, 0.1) is 54.7 Å². The van der Waals surface area contributed by atoms with Crippen molar-refractivity contribution < 1.29 is 22.6 Å². The van der Waals surface area contributed by atoms with Gasteiger partial charge in [-0.05, 0) is 42.8 Å². The fourth-order valence-electron chi connectivity index (χ4n) is 4.36. The third-order valence-corrected chi connectivity index (χ3v) is 7.90. The average molecular weight is 534 g/mol. The first-order valence-electron chi connectivity index (χ1n) is 12.2. The van der Waals surface area contributed by atoms with Crippen molar-refractivity contribution in [3.63, 3.8) is 0 Å². The molecule has 2 aromatic carbocycles. The zero-order valence-corrected chi connectivity index (χ0v) is 21.7. The second-order valence-electron chi connectivity index (χ2n) is 8.75. The molecule has 0 saturated carbocycles. The fourth-order valence-corrected chi connectivity index (χ4v) is 5.52. The first-order valence-corrected chi connectivity index (χ1v) is 13.6. The molecule has 1 aliphatic heterocycles. The summed E-state index contributed by atoms with van der Waals surface area (Å²) in [5.74, 6) is 1.15. The molecule has 0 spiro atoms. The molecule has 0 radical (unpaired) electrons. The molecule has 3 heterocycles. The van der Waals surface area contributed by atoms with Gasteiger partial charge in [-0.15, -0.1) is 0 Å². The minimum atomic E-state index is -3.97. The van der Waals surface area contributed by atoms with Gasteiger partial charge in [-0.2, -0.15) is 22.9 Å². The van der Waals surface area contributed by atoms with Crippen LogP contribution in [-0.2, 0) is 14.8 Å². The van der Waals surface area contributed by atoms with Crippen molar-refractivity contribution >= 4 is 20.9 Å². The predicted molar refractivity (Wildman–Crippen MR) is 141 cm³/mol. The molecule has 11 heteroatoms. The van der Waals surface area contributed by atoms with Crippen LogP contribution in [0.5, 0.6) is 11.5 Å². The Kier molecular flexibility index (Phi) is 7.55. The Morgan fingerprint density at radius 1 is 1.11 bits per heavy atom. The van der Waals surface area contributed by atoms with Gasteiger partial charge in [-0.25, -0.2) is 0 Å². The molecule has 0 bridgehead atoms. The van der Waals surface area contributed by atoms with Crippen LogP contribution in [0.2, 0.25) is 0 Å². The molecular formula is C27H27N5O5S. The summed E-state index contributed by atoms with van der Waals surface area (Å²) >= 11 is 0. The molecule has 0 unspecified atom stereocenters. The summed E-state index contributed by atoms with van der Waals surface area (Å²) in [6.45, 7) is 4.89. The lowest BCUT2D eigenvalue weighted by Gasteiger charge is -2.26. The lowest BCUT2D eigenvalue weighted by molar-refractivity contribution is 0.0357. The first kappa shape index (κ1) is 25.7. The van der Waals surface area contributed by atoms with E-state index in [0.29, 0.717) is 34.9 Å². The Hall–Kier alpha value is -3.98. The molecule has 0 amide bonds. The minimum Gasteiger partial charge on any atom is -0.493 e. The summed E-state index contributed by atoms with van der Waals surface area (Å²) in [7, 11) is -2.39. The highest BCUT2D eigenvalue weighted by atomic mass is 32.2. The van der Waals surface area contributed by atoms with Gasteiger partial charge in [0.25, 0.3) is 10.0 Å². The fraction of sp³-hybridized carbons (Fsp3) is 0.296. The highest BCUT2D eigenvalue weighted by molar-refractivity contribution is 7.89. The molecule has 1 aliphatic rings. The second kappa shape index (κ2) is 11.2. The highest BCUT2D eigenvalue weighted by Crippen LogP contribution is 2.36. The largest absolute Gasteiger partial charge is 0.493 e. The summed E-state index contributed by atoms with van der Waals surface area (Å²) in [6.07, 6.45) is 3.91. The van der Waals surface area contributed by atoms with Gasteiger partial charge in [0, 0.05) is 49.0 Å². The number of nitriles is 1. The molecule has 2 aromatic heterocycles. The SMILES string of the molecule is COc1cc2c(-c3ccn(S(=O)(=O)c4cccc(C#N)c4)n3)ccnc2cc1OCCCN1CCOCC1. The third kappa shape index (κ3) is 5.33. The minimum absolute atomic E-state index is 0.0112. The number of ether oxygens (including phenoxy) is 3. The molecule has 10 nitrogen and oxygen atoms in total. The first-order chi connectivity index (χ1) is 18.5. The topological polar surface area (TPSA) is 120 Å². The van der Waals surface area contributed by atoms with Crippen LogP contribution >= 0.6 is 0 Å². The Bertz CT molecular complexity index is 1590. The molecule has 5 rings (SSSR count). The van der Waals surface area contributed by atoms with Crippen molar-refractivity contribution in [3.05, 3.63) is 66.5 Å². The summed E-state index contributed by atoms with van der Waals surface area (Å²) in [5.41, 5.74) is 2.08. The van der Waals surface area contributed by atoms with E-state index < -0.39 is 10.0 Å². The van der Waals surface area contributed by atoms with Gasteiger partial charge in [-0.1, -0.05) is 6.07 Å². The summed E-state index contributed by atoms with van der Waals surface area (Å²) in [6, 6.07) is 14.9. The van der Waals surface area contributed by atoms with Crippen molar-refractivity contribution in [3.8, 4) is 28.8 Å². The lowest BCUT2D eigenvalue weighted by Crippen LogP contribution is -2.37. The van der Waals surface area contributed by atoms with Gasteiger partial charge in [-0.3, -0.25) is 9.88 Å². The molecule has 4 aromatic rings. The number of pyridine rings is 1. The zero-order valence-electron chi connectivity index (χ0n) is 20.9.